The summed E-state index contributed by atoms with van der Waals surface area (Å²) in [7, 11) is 1.83. The number of carbonyl (C=O) groups excluding carboxylic acids is 1. The number of aromatic nitrogens is 3. The molecule has 1 saturated heterocycles. The van der Waals surface area contributed by atoms with E-state index in [1.54, 1.807) is 29.5 Å². The molecule has 2 aromatic rings. The van der Waals surface area contributed by atoms with Crippen molar-refractivity contribution in [3.05, 3.63) is 42.5 Å². The molecular weight excluding hydrogens is 292 g/mol. The minimum Gasteiger partial charge on any atom is -0.488 e. The second-order valence-electron chi connectivity index (χ2n) is 6.46. The predicted octanol–water partition coefficient (Wildman–Crippen LogP) is 1.74. The van der Waals surface area contributed by atoms with Gasteiger partial charge in [0.05, 0.1) is 18.0 Å². The van der Waals surface area contributed by atoms with Crippen molar-refractivity contribution in [2.45, 2.75) is 18.9 Å². The Labute approximate surface area is 135 Å². The van der Waals surface area contributed by atoms with Crippen LogP contribution in [0.1, 0.15) is 23.2 Å². The van der Waals surface area contributed by atoms with E-state index in [0.29, 0.717) is 17.4 Å². The first-order valence-electron chi connectivity index (χ1n) is 8.05. The van der Waals surface area contributed by atoms with Crippen LogP contribution in [0.25, 0.3) is 0 Å². The lowest BCUT2D eigenvalue weighted by Crippen LogP contribution is -2.32. The van der Waals surface area contributed by atoms with E-state index in [4.69, 9.17) is 4.74 Å². The molecule has 23 heavy (non-hydrogen) atoms. The molecule has 3 heterocycles. The van der Waals surface area contributed by atoms with Gasteiger partial charge in [-0.1, -0.05) is 0 Å². The van der Waals surface area contributed by atoms with Gasteiger partial charge in [-0.05, 0) is 30.9 Å². The van der Waals surface area contributed by atoms with Crippen LogP contribution in [0.3, 0.4) is 0 Å². The Bertz CT molecular complexity index is 700. The number of rotatable bonds is 3. The van der Waals surface area contributed by atoms with Crippen molar-refractivity contribution in [2.75, 3.05) is 13.1 Å². The van der Waals surface area contributed by atoms with Crippen molar-refractivity contribution in [1.29, 1.82) is 0 Å². The van der Waals surface area contributed by atoms with Gasteiger partial charge in [-0.15, -0.1) is 0 Å². The van der Waals surface area contributed by atoms with Crippen LogP contribution >= 0.6 is 0 Å². The highest BCUT2D eigenvalue weighted by atomic mass is 16.5. The molecule has 0 aromatic carbocycles. The van der Waals surface area contributed by atoms with E-state index >= 15 is 0 Å². The number of nitrogens with zero attached hydrogens (tertiary/aromatic N) is 4. The van der Waals surface area contributed by atoms with Gasteiger partial charge in [-0.3, -0.25) is 14.5 Å². The van der Waals surface area contributed by atoms with Crippen LogP contribution in [0.15, 0.2) is 36.9 Å². The maximum atomic E-state index is 12.6. The summed E-state index contributed by atoms with van der Waals surface area (Å²) in [6, 6.07) is 3.82. The summed E-state index contributed by atoms with van der Waals surface area (Å²) in [5.74, 6) is 1.84. The molecule has 3 atom stereocenters. The van der Waals surface area contributed by atoms with Gasteiger partial charge in [0.15, 0.2) is 0 Å². The van der Waals surface area contributed by atoms with Crippen LogP contribution < -0.4 is 4.74 Å². The Balaban J connectivity index is 1.44. The molecule has 1 amide bonds. The minimum absolute atomic E-state index is 0.0765. The third kappa shape index (κ3) is 2.69. The van der Waals surface area contributed by atoms with Crippen molar-refractivity contribution < 1.29 is 9.53 Å². The topological polar surface area (TPSA) is 60.2 Å². The smallest absolute Gasteiger partial charge is 0.257 e. The zero-order chi connectivity index (χ0) is 15.8. The van der Waals surface area contributed by atoms with Crippen LogP contribution in [0.2, 0.25) is 0 Å². The molecule has 0 bridgehead atoms. The number of hydrogen-bond donors (Lipinski definition) is 0. The van der Waals surface area contributed by atoms with E-state index in [0.717, 1.165) is 31.7 Å². The van der Waals surface area contributed by atoms with Crippen LogP contribution in [0.5, 0.6) is 5.75 Å². The first-order valence-corrected chi connectivity index (χ1v) is 8.05. The quantitative estimate of drug-likeness (QED) is 0.866. The molecular formula is C17H20N4O2. The average Bonchev–Trinajstić information content (AvgIpc) is 3.25. The summed E-state index contributed by atoms with van der Waals surface area (Å²) in [6.07, 6.45) is 9.26. The molecule has 2 aliphatic rings. The van der Waals surface area contributed by atoms with E-state index in [2.05, 4.69) is 10.1 Å². The summed E-state index contributed by atoms with van der Waals surface area (Å²) in [4.78, 5) is 18.6. The van der Waals surface area contributed by atoms with E-state index in [9.17, 15) is 4.79 Å². The van der Waals surface area contributed by atoms with Crippen molar-refractivity contribution in [3.8, 4) is 5.75 Å². The zero-order valence-electron chi connectivity index (χ0n) is 13.1. The zero-order valence-corrected chi connectivity index (χ0v) is 13.1. The van der Waals surface area contributed by atoms with Gasteiger partial charge in [-0.25, -0.2) is 0 Å². The number of likely N-dealkylation sites (tertiary alicyclic amines) is 1. The highest BCUT2D eigenvalue weighted by Crippen LogP contribution is 2.40. The molecule has 0 unspecified atom stereocenters. The molecule has 6 nitrogen and oxygen atoms in total. The first-order chi connectivity index (χ1) is 11.2. The second-order valence-corrected chi connectivity index (χ2v) is 6.46. The van der Waals surface area contributed by atoms with Crippen LogP contribution in [-0.4, -0.2) is 44.8 Å². The average molecular weight is 312 g/mol. The molecule has 4 rings (SSSR count). The minimum atomic E-state index is 0.0765. The van der Waals surface area contributed by atoms with Crippen LogP contribution in [0.4, 0.5) is 0 Å². The standard InChI is InChI=1S/C17H20N4O2/c1-20-9-13(7-19-20)17(22)21-10-12-4-5-16(15(12)11-21)23-14-3-2-6-18-8-14/h2-3,6-9,12,15-16H,4-5,10-11H2,1H3/t12-,15+,16-/m1/s1. The molecule has 6 heteroatoms. The Kier molecular flexibility index (Phi) is 3.52. The molecule has 1 aliphatic carbocycles. The van der Waals surface area contributed by atoms with Gasteiger partial charge < -0.3 is 9.64 Å². The molecule has 0 spiro atoms. The molecule has 0 radical (unpaired) electrons. The SMILES string of the molecule is Cn1cc(C(=O)N2C[C@H]3CC[C@@H](Oc4cccnc4)[C@H]3C2)cn1. The van der Waals surface area contributed by atoms with Gasteiger partial charge in [0, 0.05) is 38.4 Å². The number of aryl methyl sites for hydroxylation is 1. The van der Waals surface area contributed by atoms with E-state index in [1.165, 1.54) is 0 Å². The number of carbonyl (C=O) groups is 1. The van der Waals surface area contributed by atoms with Gasteiger partial charge in [0.1, 0.15) is 11.9 Å². The molecule has 2 fully saturated rings. The summed E-state index contributed by atoms with van der Waals surface area (Å²) >= 11 is 0. The highest BCUT2D eigenvalue weighted by molar-refractivity contribution is 5.93. The van der Waals surface area contributed by atoms with Crippen molar-refractivity contribution >= 4 is 5.91 Å². The lowest BCUT2D eigenvalue weighted by Gasteiger charge is -2.21. The Hall–Kier alpha value is -2.37. The monoisotopic (exact) mass is 312 g/mol. The Morgan fingerprint density at radius 2 is 2.22 bits per heavy atom. The molecule has 0 N–H and O–H groups in total. The molecule has 1 aliphatic heterocycles. The van der Waals surface area contributed by atoms with Crippen molar-refractivity contribution in [3.63, 3.8) is 0 Å². The van der Waals surface area contributed by atoms with Crippen LogP contribution in [0, 0.1) is 11.8 Å². The van der Waals surface area contributed by atoms with Gasteiger partial charge >= 0.3 is 0 Å². The normalized spacial score (nSPS) is 26.3. The summed E-state index contributed by atoms with van der Waals surface area (Å²) in [5, 5.41) is 4.09. The fourth-order valence-electron chi connectivity index (χ4n) is 3.83. The predicted molar refractivity (Wildman–Crippen MR) is 84.0 cm³/mol. The maximum absolute atomic E-state index is 12.6. The maximum Gasteiger partial charge on any atom is 0.257 e. The fraction of sp³-hybridized carbons (Fsp3) is 0.471. The van der Waals surface area contributed by atoms with Crippen LogP contribution in [-0.2, 0) is 7.05 Å². The first kappa shape index (κ1) is 14.2. The lowest BCUT2D eigenvalue weighted by atomic mass is 9.99. The number of fused-ring (bicyclic) bond motifs is 1. The van der Waals surface area contributed by atoms with Gasteiger partial charge in [0.2, 0.25) is 0 Å². The summed E-state index contributed by atoms with van der Waals surface area (Å²) in [6.45, 7) is 1.59. The largest absolute Gasteiger partial charge is 0.488 e. The van der Waals surface area contributed by atoms with Crippen molar-refractivity contribution in [1.82, 2.24) is 19.7 Å². The van der Waals surface area contributed by atoms with Gasteiger partial charge in [0.25, 0.3) is 5.91 Å². The number of ether oxygens (including phenoxy) is 1. The van der Waals surface area contributed by atoms with E-state index in [1.807, 2.05) is 24.1 Å². The summed E-state index contributed by atoms with van der Waals surface area (Å²) < 4.78 is 7.78. The molecule has 1 saturated carbocycles. The van der Waals surface area contributed by atoms with Gasteiger partial charge in [-0.2, -0.15) is 5.10 Å². The molecule has 120 valence electrons. The van der Waals surface area contributed by atoms with Crippen molar-refractivity contribution in [2.24, 2.45) is 18.9 Å². The lowest BCUT2D eigenvalue weighted by molar-refractivity contribution is 0.0762. The second kappa shape index (κ2) is 5.68. The molecule has 2 aromatic heterocycles. The number of pyridine rings is 1. The van der Waals surface area contributed by atoms with E-state index in [-0.39, 0.29) is 12.0 Å². The summed E-state index contributed by atoms with van der Waals surface area (Å²) in [5.41, 5.74) is 0.664. The number of amides is 1. The fourth-order valence-corrected chi connectivity index (χ4v) is 3.83. The third-order valence-corrected chi connectivity index (χ3v) is 4.95. The highest BCUT2D eigenvalue weighted by Gasteiger charge is 2.45. The third-order valence-electron chi connectivity index (χ3n) is 4.95. The Morgan fingerprint density at radius 1 is 1.30 bits per heavy atom. The number of hydrogen-bond acceptors (Lipinski definition) is 4. The van der Waals surface area contributed by atoms with E-state index < -0.39 is 0 Å². The Morgan fingerprint density at radius 3 is 2.96 bits per heavy atom.